The van der Waals surface area contributed by atoms with Gasteiger partial charge in [0.15, 0.2) is 24.7 Å². The van der Waals surface area contributed by atoms with Crippen molar-refractivity contribution in [3.8, 4) is 11.5 Å². The number of esters is 1. The van der Waals surface area contributed by atoms with Gasteiger partial charge >= 0.3 is 5.97 Å². The van der Waals surface area contributed by atoms with E-state index >= 15 is 0 Å². The second-order valence-electron chi connectivity index (χ2n) is 3.83. The minimum absolute atomic E-state index is 0.367. The molecule has 0 aliphatic rings. The van der Waals surface area contributed by atoms with Crippen LogP contribution in [0.15, 0.2) is 24.3 Å². The van der Waals surface area contributed by atoms with Crippen molar-refractivity contribution >= 4 is 17.8 Å². The second kappa shape index (κ2) is 8.41. The lowest BCUT2D eigenvalue weighted by molar-refractivity contribution is -0.150. The van der Waals surface area contributed by atoms with E-state index in [1.54, 1.807) is 24.3 Å². The molecule has 0 saturated heterocycles. The van der Waals surface area contributed by atoms with Gasteiger partial charge in [-0.25, -0.2) is 4.79 Å². The molecule has 0 atom stereocenters. The van der Waals surface area contributed by atoms with E-state index in [1.807, 2.05) is 0 Å². The number of benzene rings is 1. The molecule has 21 heavy (non-hydrogen) atoms. The number of methoxy groups -OCH3 is 1. The van der Waals surface area contributed by atoms with Crippen molar-refractivity contribution in [2.75, 3.05) is 20.3 Å². The SMILES string of the molecule is COc1ccccc1OCC(=O)OCC(=O)NNC(C)=O. The first kappa shape index (κ1) is 16.3. The van der Waals surface area contributed by atoms with Crippen molar-refractivity contribution in [1.29, 1.82) is 0 Å². The van der Waals surface area contributed by atoms with Crippen LogP contribution < -0.4 is 20.3 Å². The third-order valence-electron chi connectivity index (χ3n) is 2.16. The van der Waals surface area contributed by atoms with E-state index < -0.39 is 24.4 Å². The predicted octanol–water partition coefficient (Wildman–Crippen LogP) is -0.216. The minimum Gasteiger partial charge on any atom is -0.493 e. The van der Waals surface area contributed by atoms with Crippen molar-refractivity contribution < 1.29 is 28.6 Å². The summed E-state index contributed by atoms with van der Waals surface area (Å²) in [6.07, 6.45) is 0. The van der Waals surface area contributed by atoms with Crippen LogP contribution in [0.1, 0.15) is 6.92 Å². The van der Waals surface area contributed by atoms with Gasteiger partial charge in [0.05, 0.1) is 7.11 Å². The summed E-state index contributed by atoms with van der Waals surface area (Å²) < 4.78 is 14.9. The van der Waals surface area contributed by atoms with Crippen LogP contribution in [-0.2, 0) is 19.1 Å². The third-order valence-corrected chi connectivity index (χ3v) is 2.16. The Morgan fingerprint density at radius 3 is 2.33 bits per heavy atom. The fourth-order valence-electron chi connectivity index (χ4n) is 1.26. The molecule has 0 aliphatic carbocycles. The Bertz CT molecular complexity index is 517. The zero-order valence-corrected chi connectivity index (χ0v) is 11.7. The molecule has 0 fully saturated rings. The maximum atomic E-state index is 11.4. The van der Waals surface area contributed by atoms with Gasteiger partial charge in [-0.15, -0.1) is 0 Å². The van der Waals surface area contributed by atoms with E-state index in [9.17, 15) is 14.4 Å². The average molecular weight is 296 g/mol. The van der Waals surface area contributed by atoms with Crippen LogP contribution in [0.5, 0.6) is 11.5 Å². The molecule has 2 amide bonds. The highest BCUT2D eigenvalue weighted by molar-refractivity contribution is 5.83. The van der Waals surface area contributed by atoms with E-state index in [2.05, 4.69) is 15.6 Å². The van der Waals surface area contributed by atoms with Gasteiger partial charge in [-0.2, -0.15) is 0 Å². The van der Waals surface area contributed by atoms with Gasteiger partial charge in [0.25, 0.3) is 5.91 Å². The van der Waals surface area contributed by atoms with Crippen LogP contribution in [-0.4, -0.2) is 38.1 Å². The van der Waals surface area contributed by atoms with Crippen LogP contribution in [0.4, 0.5) is 0 Å². The summed E-state index contributed by atoms with van der Waals surface area (Å²) in [5.41, 5.74) is 4.12. The predicted molar refractivity (Wildman–Crippen MR) is 71.4 cm³/mol. The van der Waals surface area contributed by atoms with Gasteiger partial charge in [0.2, 0.25) is 5.91 Å². The zero-order valence-electron chi connectivity index (χ0n) is 11.7. The van der Waals surface area contributed by atoms with Crippen molar-refractivity contribution in [2.45, 2.75) is 6.92 Å². The molecule has 0 aromatic heterocycles. The topological polar surface area (TPSA) is 103 Å². The maximum Gasteiger partial charge on any atom is 0.344 e. The molecular weight excluding hydrogens is 280 g/mol. The standard InChI is InChI=1S/C13H16N2O6/c1-9(16)14-15-12(17)7-21-13(18)8-20-11-6-4-3-5-10(11)19-2/h3-6H,7-8H2,1-2H3,(H,14,16)(H,15,17). The summed E-state index contributed by atoms with van der Waals surface area (Å²) in [4.78, 5) is 33.1. The summed E-state index contributed by atoms with van der Waals surface area (Å²) in [7, 11) is 1.48. The molecular formula is C13H16N2O6. The molecule has 0 radical (unpaired) electrons. The lowest BCUT2D eigenvalue weighted by atomic mass is 10.3. The first-order chi connectivity index (χ1) is 10.0. The third kappa shape index (κ3) is 6.28. The van der Waals surface area contributed by atoms with Gasteiger partial charge in [0.1, 0.15) is 0 Å². The maximum absolute atomic E-state index is 11.4. The smallest absolute Gasteiger partial charge is 0.344 e. The highest BCUT2D eigenvalue weighted by atomic mass is 16.6. The Morgan fingerprint density at radius 2 is 1.71 bits per heavy atom. The Hall–Kier alpha value is -2.77. The summed E-state index contributed by atoms with van der Waals surface area (Å²) in [6, 6.07) is 6.80. The lowest BCUT2D eigenvalue weighted by Gasteiger charge is -2.10. The number of ether oxygens (including phenoxy) is 3. The highest BCUT2D eigenvalue weighted by Gasteiger charge is 2.10. The number of nitrogens with one attached hydrogen (secondary N) is 2. The van der Waals surface area contributed by atoms with E-state index in [0.717, 1.165) is 0 Å². The van der Waals surface area contributed by atoms with E-state index in [4.69, 9.17) is 9.47 Å². The number of carbonyl (C=O) groups excluding carboxylic acids is 3. The fraction of sp³-hybridized carbons (Fsp3) is 0.308. The van der Waals surface area contributed by atoms with Gasteiger partial charge in [-0.3, -0.25) is 20.4 Å². The van der Waals surface area contributed by atoms with Crippen LogP contribution in [0.2, 0.25) is 0 Å². The second-order valence-corrected chi connectivity index (χ2v) is 3.83. The molecule has 0 spiro atoms. The van der Waals surface area contributed by atoms with Gasteiger partial charge in [-0.1, -0.05) is 12.1 Å². The molecule has 1 rings (SSSR count). The van der Waals surface area contributed by atoms with Crippen LogP contribution in [0.3, 0.4) is 0 Å². The number of rotatable bonds is 6. The van der Waals surface area contributed by atoms with Crippen LogP contribution >= 0.6 is 0 Å². The molecule has 0 unspecified atom stereocenters. The number of carbonyl (C=O) groups is 3. The Balaban J connectivity index is 2.31. The van der Waals surface area contributed by atoms with Crippen molar-refractivity contribution in [2.24, 2.45) is 0 Å². The summed E-state index contributed by atoms with van der Waals surface area (Å²) in [5, 5.41) is 0. The van der Waals surface area contributed by atoms with Crippen LogP contribution in [0.25, 0.3) is 0 Å². The molecule has 1 aromatic rings. The molecule has 0 bridgehead atoms. The van der Waals surface area contributed by atoms with Gasteiger partial charge in [-0.05, 0) is 12.1 Å². The number of amides is 2. The molecule has 0 aliphatic heterocycles. The number of hydrazine groups is 1. The van der Waals surface area contributed by atoms with Crippen molar-refractivity contribution in [1.82, 2.24) is 10.9 Å². The summed E-state index contributed by atoms with van der Waals surface area (Å²) in [5.74, 6) is -0.947. The Kier molecular flexibility index (Phi) is 6.52. The molecule has 0 heterocycles. The molecule has 114 valence electrons. The quantitative estimate of drug-likeness (QED) is 0.556. The van der Waals surface area contributed by atoms with Gasteiger partial charge < -0.3 is 14.2 Å². The number of hydrogen-bond acceptors (Lipinski definition) is 6. The van der Waals surface area contributed by atoms with E-state index in [1.165, 1.54) is 14.0 Å². The normalized spacial score (nSPS) is 9.43. The monoisotopic (exact) mass is 296 g/mol. The molecule has 8 nitrogen and oxygen atoms in total. The first-order valence-corrected chi connectivity index (χ1v) is 5.99. The van der Waals surface area contributed by atoms with E-state index in [-0.39, 0.29) is 6.61 Å². The van der Waals surface area contributed by atoms with Crippen LogP contribution in [0, 0.1) is 0 Å². The lowest BCUT2D eigenvalue weighted by Crippen LogP contribution is -2.42. The zero-order chi connectivity index (χ0) is 15.7. The Morgan fingerprint density at radius 1 is 1.05 bits per heavy atom. The number of para-hydroxylation sites is 2. The average Bonchev–Trinajstić information content (AvgIpc) is 2.49. The molecule has 2 N–H and O–H groups in total. The first-order valence-electron chi connectivity index (χ1n) is 5.99. The Labute approximate surface area is 121 Å². The van der Waals surface area contributed by atoms with Gasteiger partial charge in [0, 0.05) is 6.92 Å². The highest BCUT2D eigenvalue weighted by Crippen LogP contribution is 2.25. The van der Waals surface area contributed by atoms with Crippen molar-refractivity contribution in [3.05, 3.63) is 24.3 Å². The summed E-state index contributed by atoms with van der Waals surface area (Å²) >= 11 is 0. The fourth-order valence-corrected chi connectivity index (χ4v) is 1.26. The molecule has 8 heteroatoms. The molecule has 0 saturated carbocycles. The minimum atomic E-state index is -0.723. The van der Waals surface area contributed by atoms with E-state index in [0.29, 0.717) is 11.5 Å². The van der Waals surface area contributed by atoms with Crippen molar-refractivity contribution in [3.63, 3.8) is 0 Å². The number of hydrogen-bond donors (Lipinski definition) is 2. The molecule has 1 aromatic carbocycles. The largest absolute Gasteiger partial charge is 0.493 e. The summed E-state index contributed by atoms with van der Waals surface area (Å²) in [6.45, 7) is 0.343.